The summed E-state index contributed by atoms with van der Waals surface area (Å²) in [6.07, 6.45) is 7.37. The largest absolute Gasteiger partial charge is 0.356 e. The third-order valence-electron chi connectivity index (χ3n) is 3.58. The van der Waals surface area contributed by atoms with Gasteiger partial charge in [0, 0.05) is 22.7 Å². The molecule has 0 atom stereocenters. The van der Waals surface area contributed by atoms with Crippen molar-refractivity contribution >= 4 is 64.7 Å². The van der Waals surface area contributed by atoms with Crippen LogP contribution in [0.25, 0.3) is 9.75 Å². The summed E-state index contributed by atoms with van der Waals surface area (Å²) < 4.78 is 2.78. The van der Waals surface area contributed by atoms with Crippen molar-refractivity contribution in [2.45, 2.75) is 40.5 Å². The topological polar surface area (TPSA) is 29.1 Å². The van der Waals surface area contributed by atoms with Gasteiger partial charge in [0.2, 0.25) is 5.91 Å². The number of carbonyl (C=O) groups is 1. The second kappa shape index (κ2) is 12.3. The Morgan fingerprint density at radius 2 is 1.72 bits per heavy atom. The van der Waals surface area contributed by atoms with Crippen LogP contribution in [0.4, 0.5) is 0 Å². The summed E-state index contributed by atoms with van der Waals surface area (Å²) >= 11 is 11.6. The zero-order valence-corrected chi connectivity index (χ0v) is 18.6. The van der Waals surface area contributed by atoms with E-state index in [0.717, 1.165) is 13.0 Å². The lowest BCUT2D eigenvalue weighted by Crippen LogP contribution is -2.24. The molecule has 2 aromatic rings. The Morgan fingerprint density at radius 1 is 1.04 bits per heavy atom. The van der Waals surface area contributed by atoms with Crippen LogP contribution < -0.4 is 5.32 Å². The van der Waals surface area contributed by atoms with Gasteiger partial charge in [0.1, 0.15) is 0 Å². The number of carbonyl (C=O) groups excluding carboxylic acids is 1. The molecule has 0 unspecified atom stereocenters. The van der Waals surface area contributed by atoms with Gasteiger partial charge in [0.25, 0.3) is 0 Å². The van der Waals surface area contributed by atoms with E-state index < -0.39 is 0 Å². The van der Waals surface area contributed by atoms with Gasteiger partial charge in [-0.15, -0.1) is 46.2 Å². The first kappa shape index (κ1) is 21.2. The average molecular weight is 432 g/mol. The van der Waals surface area contributed by atoms with Crippen LogP contribution >= 0.6 is 58.8 Å². The standard InChI is InChI=1S/C18H25NOS5/c1-22-17-8-6-14(24-17)15-7-9-18(25-15)23-13-5-3-2-4-11-19-16(20)10-12-21/h6-9,21H,2-5,10-13H2,1H3,(H,19,20). The molecule has 1 amide bonds. The molecule has 0 saturated heterocycles. The zero-order chi connectivity index (χ0) is 17.9. The minimum atomic E-state index is 0.120. The SMILES string of the molecule is CSc1ccc(-c2ccc(SCCCCCCNC(=O)CCS)s2)s1. The van der Waals surface area contributed by atoms with E-state index in [1.807, 2.05) is 46.2 Å². The van der Waals surface area contributed by atoms with Gasteiger partial charge in [-0.3, -0.25) is 4.79 Å². The van der Waals surface area contributed by atoms with Crippen molar-refractivity contribution in [2.75, 3.05) is 24.3 Å². The second-order valence-electron chi connectivity index (χ2n) is 5.53. The van der Waals surface area contributed by atoms with Crippen LogP contribution in [0.1, 0.15) is 32.1 Å². The summed E-state index contributed by atoms with van der Waals surface area (Å²) in [6.45, 7) is 0.798. The fourth-order valence-corrected chi connectivity index (χ4v) is 6.31. The van der Waals surface area contributed by atoms with Crippen LogP contribution in [-0.4, -0.2) is 30.2 Å². The van der Waals surface area contributed by atoms with E-state index in [2.05, 4.69) is 48.5 Å². The van der Waals surface area contributed by atoms with E-state index in [1.54, 1.807) is 0 Å². The Bertz CT molecular complexity index is 637. The third-order valence-corrected chi connectivity index (χ3v) is 8.57. The number of rotatable bonds is 12. The van der Waals surface area contributed by atoms with Crippen LogP contribution in [0.2, 0.25) is 0 Å². The van der Waals surface area contributed by atoms with E-state index in [0.29, 0.717) is 12.2 Å². The third kappa shape index (κ3) is 7.99. The number of hydrogen-bond acceptors (Lipinski definition) is 6. The predicted molar refractivity (Wildman–Crippen MR) is 120 cm³/mol. The van der Waals surface area contributed by atoms with Crippen molar-refractivity contribution in [3.63, 3.8) is 0 Å². The second-order valence-corrected chi connectivity index (χ2v) is 10.6. The number of thiophene rings is 2. The average Bonchev–Trinajstić information content (AvgIpc) is 3.26. The molecule has 7 heteroatoms. The molecule has 0 aromatic carbocycles. The molecule has 0 bridgehead atoms. The highest BCUT2D eigenvalue weighted by Crippen LogP contribution is 2.39. The number of thiol groups is 1. The minimum Gasteiger partial charge on any atom is -0.356 e. The molecule has 0 aliphatic heterocycles. The lowest BCUT2D eigenvalue weighted by molar-refractivity contribution is -0.120. The van der Waals surface area contributed by atoms with Crippen molar-refractivity contribution in [1.29, 1.82) is 0 Å². The number of hydrogen-bond donors (Lipinski definition) is 2. The lowest BCUT2D eigenvalue weighted by Gasteiger charge is -2.04. The molecule has 0 spiro atoms. The summed E-state index contributed by atoms with van der Waals surface area (Å²) in [5.41, 5.74) is 0. The maximum Gasteiger partial charge on any atom is 0.220 e. The number of amides is 1. The predicted octanol–water partition coefficient (Wildman–Crippen LogP) is 6.29. The molecule has 0 aliphatic rings. The normalized spacial score (nSPS) is 11.0. The highest BCUT2D eigenvalue weighted by Gasteiger charge is 2.06. The number of nitrogens with one attached hydrogen (secondary N) is 1. The first-order chi connectivity index (χ1) is 12.2. The van der Waals surface area contributed by atoms with Gasteiger partial charge in [0.15, 0.2) is 0 Å². The molecule has 2 heterocycles. The summed E-state index contributed by atoms with van der Waals surface area (Å²) in [7, 11) is 0. The molecular weight excluding hydrogens is 407 g/mol. The molecule has 2 aromatic heterocycles. The molecule has 2 rings (SSSR count). The quantitative estimate of drug-likeness (QED) is 0.235. The van der Waals surface area contributed by atoms with Gasteiger partial charge in [-0.25, -0.2) is 0 Å². The lowest BCUT2D eigenvalue weighted by atomic mass is 10.2. The smallest absolute Gasteiger partial charge is 0.220 e. The number of thioether (sulfide) groups is 2. The van der Waals surface area contributed by atoms with Gasteiger partial charge in [-0.1, -0.05) is 12.8 Å². The van der Waals surface area contributed by atoms with Crippen LogP contribution in [0.3, 0.4) is 0 Å². The van der Waals surface area contributed by atoms with Crippen molar-refractivity contribution in [3.8, 4) is 9.75 Å². The zero-order valence-electron chi connectivity index (χ0n) is 14.5. The fraction of sp³-hybridized carbons (Fsp3) is 0.500. The maximum atomic E-state index is 11.3. The van der Waals surface area contributed by atoms with Crippen molar-refractivity contribution in [2.24, 2.45) is 0 Å². The Hall–Kier alpha value is -0.0800. The van der Waals surface area contributed by atoms with Crippen LogP contribution in [0.15, 0.2) is 32.7 Å². The van der Waals surface area contributed by atoms with Crippen molar-refractivity contribution < 1.29 is 4.79 Å². The van der Waals surface area contributed by atoms with E-state index >= 15 is 0 Å². The van der Waals surface area contributed by atoms with Crippen LogP contribution in [0, 0.1) is 0 Å². The van der Waals surface area contributed by atoms with E-state index in [9.17, 15) is 4.79 Å². The summed E-state index contributed by atoms with van der Waals surface area (Å²) in [5.74, 6) is 1.92. The van der Waals surface area contributed by atoms with Gasteiger partial charge in [0.05, 0.1) is 8.42 Å². The molecule has 25 heavy (non-hydrogen) atoms. The minimum absolute atomic E-state index is 0.120. The van der Waals surface area contributed by atoms with Crippen molar-refractivity contribution in [3.05, 3.63) is 24.3 Å². The first-order valence-electron chi connectivity index (χ1n) is 8.47. The molecule has 0 aliphatic carbocycles. The van der Waals surface area contributed by atoms with Crippen molar-refractivity contribution in [1.82, 2.24) is 5.32 Å². The molecule has 2 nitrogen and oxygen atoms in total. The summed E-state index contributed by atoms with van der Waals surface area (Å²) in [4.78, 5) is 14.1. The number of unbranched alkanes of at least 4 members (excludes halogenated alkanes) is 3. The van der Waals surface area contributed by atoms with Crippen LogP contribution in [0.5, 0.6) is 0 Å². The van der Waals surface area contributed by atoms with E-state index in [4.69, 9.17) is 0 Å². The highest BCUT2D eigenvalue weighted by molar-refractivity contribution is 8.01. The Balaban J connectivity index is 1.56. The summed E-state index contributed by atoms with van der Waals surface area (Å²) in [6, 6.07) is 8.93. The Labute approximate surface area is 173 Å². The van der Waals surface area contributed by atoms with E-state index in [1.165, 1.54) is 43.2 Å². The highest BCUT2D eigenvalue weighted by atomic mass is 32.2. The fourth-order valence-electron chi connectivity index (χ4n) is 2.26. The molecule has 0 saturated carbocycles. The van der Waals surface area contributed by atoms with Gasteiger partial charge in [-0.2, -0.15) is 12.6 Å². The van der Waals surface area contributed by atoms with Gasteiger partial charge >= 0.3 is 0 Å². The maximum absolute atomic E-state index is 11.3. The molecule has 138 valence electrons. The van der Waals surface area contributed by atoms with Crippen LogP contribution in [-0.2, 0) is 4.79 Å². The van der Waals surface area contributed by atoms with Gasteiger partial charge in [-0.05, 0) is 54.9 Å². The monoisotopic (exact) mass is 431 g/mol. The molecule has 0 fully saturated rings. The first-order valence-corrected chi connectivity index (χ1v) is 12.9. The Kier molecular flexibility index (Phi) is 10.5. The molecular formula is C18H25NOS5. The molecule has 1 N–H and O–H groups in total. The summed E-state index contributed by atoms with van der Waals surface area (Å²) in [5, 5.41) is 2.93. The van der Waals surface area contributed by atoms with Gasteiger partial charge < -0.3 is 5.32 Å². The molecule has 0 radical (unpaired) electrons. The van der Waals surface area contributed by atoms with E-state index in [-0.39, 0.29) is 5.91 Å². The Morgan fingerprint density at radius 3 is 2.40 bits per heavy atom.